The molecule has 9 atom stereocenters. The zero-order chi connectivity index (χ0) is 22.4. The smallest absolute Gasteiger partial charge is 0.0788 e. The van der Waals surface area contributed by atoms with Gasteiger partial charge in [-0.25, -0.2) is 0 Å². The van der Waals surface area contributed by atoms with Gasteiger partial charge in [-0.1, -0.05) is 65.5 Å². The Bertz CT molecular complexity index is 653. The Hall–Kier alpha value is -0.340. The second-order valence-electron chi connectivity index (χ2n) is 12.7. The first kappa shape index (κ1) is 23.8. The number of hydrogen-bond acceptors (Lipinski definition) is 2. The largest absolute Gasteiger partial charge is 0.381 e. The van der Waals surface area contributed by atoms with Crippen LogP contribution in [0, 0.1) is 46.3 Å². The molecule has 31 heavy (non-hydrogen) atoms. The Labute approximate surface area is 192 Å². The van der Waals surface area contributed by atoms with Gasteiger partial charge in [-0.05, 0) is 91.3 Å². The highest BCUT2D eigenvalue weighted by molar-refractivity contribution is 5.28. The summed E-state index contributed by atoms with van der Waals surface area (Å²) in [6.07, 6.45) is 16.9. The lowest BCUT2D eigenvalue weighted by molar-refractivity contribution is -0.107. The van der Waals surface area contributed by atoms with Crippen LogP contribution in [0.3, 0.4) is 0 Å². The third-order valence-electron chi connectivity index (χ3n) is 10.9. The summed E-state index contributed by atoms with van der Waals surface area (Å²) in [5.41, 5.74) is 2.54. The topological polar surface area (TPSA) is 18.5 Å². The third kappa shape index (κ3) is 4.07. The molecule has 0 heterocycles. The number of fused-ring (bicyclic) bond motifs is 5. The monoisotopic (exact) mass is 430 g/mol. The molecule has 0 saturated heterocycles. The highest BCUT2D eigenvalue weighted by Crippen LogP contribution is 2.67. The molecule has 2 nitrogen and oxygen atoms in total. The number of rotatable bonds is 7. The van der Waals surface area contributed by atoms with E-state index in [-0.39, 0.29) is 0 Å². The normalized spacial score (nSPS) is 45.6. The van der Waals surface area contributed by atoms with Crippen molar-refractivity contribution in [1.82, 2.24) is 0 Å². The second-order valence-corrected chi connectivity index (χ2v) is 12.7. The van der Waals surface area contributed by atoms with Gasteiger partial charge in [-0.2, -0.15) is 0 Å². The zero-order valence-electron chi connectivity index (χ0n) is 21.6. The van der Waals surface area contributed by atoms with Crippen LogP contribution in [0.4, 0.5) is 0 Å². The fourth-order valence-corrected chi connectivity index (χ4v) is 9.04. The molecule has 2 heteroatoms. The van der Waals surface area contributed by atoms with Gasteiger partial charge in [0.05, 0.1) is 12.2 Å². The number of hydrogen-bond donors (Lipinski definition) is 0. The summed E-state index contributed by atoms with van der Waals surface area (Å²) >= 11 is 0. The second kappa shape index (κ2) is 9.13. The standard InChI is InChI=1S/C29H50O2/c1-19(2)9-8-10-20(3)23-11-12-24-27-25(14-16-29(23,24)5)28(4)15-13-22(30-6)17-21(28)18-26(27)31-7/h18-20,22-27H,8-17H2,1-7H3. The third-order valence-corrected chi connectivity index (χ3v) is 10.9. The molecule has 4 rings (SSSR count). The van der Waals surface area contributed by atoms with Crippen LogP contribution < -0.4 is 0 Å². The summed E-state index contributed by atoms with van der Waals surface area (Å²) in [6, 6.07) is 0. The summed E-state index contributed by atoms with van der Waals surface area (Å²) < 4.78 is 12.0. The van der Waals surface area contributed by atoms with Crippen molar-refractivity contribution in [1.29, 1.82) is 0 Å². The van der Waals surface area contributed by atoms with Crippen molar-refractivity contribution in [2.24, 2.45) is 46.3 Å². The van der Waals surface area contributed by atoms with Gasteiger partial charge in [-0.15, -0.1) is 0 Å². The van der Waals surface area contributed by atoms with Gasteiger partial charge in [0.15, 0.2) is 0 Å². The maximum absolute atomic E-state index is 6.25. The van der Waals surface area contributed by atoms with E-state index < -0.39 is 0 Å². The molecule has 0 aromatic heterocycles. The first-order valence-corrected chi connectivity index (χ1v) is 13.5. The van der Waals surface area contributed by atoms with Crippen LogP contribution >= 0.6 is 0 Å². The van der Waals surface area contributed by atoms with Crippen LogP contribution in [-0.4, -0.2) is 26.4 Å². The lowest BCUT2D eigenvalue weighted by Gasteiger charge is -2.60. The Morgan fingerprint density at radius 2 is 1.71 bits per heavy atom. The van der Waals surface area contributed by atoms with Crippen LogP contribution in [-0.2, 0) is 9.47 Å². The van der Waals surface area contributed by atoms with E-state index in [0.29, 0.717) is 29.0 Å². The fraction of sp³-hybridized carbons (Fsp3) is 0.931. The zero-order valence-corrected chi connectivity index (χ0v) is 21.6. The van der Waals surface area contributed by atoms with Gasteiger partial charge < -0.3 is 9.47 Å². The minimum Gasteiger partial charge on any atom is -0.381 e. The van der Waals surface area contributed by atoms with Gasteiger partial charge in [0, 0.05) is 14.2 Å². The molecule has 0 aliphatic heterocycles. The van der Waals surface area contributed by atoms with Crippen molar-refractivity contribution in [2.45, 2.75) is 111 Å². The van der Waals surface area contributed by atoms with E-state index in [0.717, 1.165) is 36.0 Å². The fourth-order valence-electron chi connectivity index (χ4n) is 9.04. The van der Waals surface area contributed by atoms with E-state index in [9.17, 15) is 0 Å². The van der Waals surface area contributed by atoms with Crippen LogP contribution in [0.15, 0.2) is 11.6 Å². The van der Waals surface area contributed by atoms with Gasteiger partial charge in [0.2, 0.25) is 0 Å². The van der Waals surface area contributed by atoms with Gasteiger partial charge in [-0.3, -0.25) is 0 Å². The molecule has 0 N–H and O–H groups in total. The minimum atomic E-state index is 0.309. The Balaban J connectivity index is 1.56. The summed E-state index contributed by atoms with van der Waals surface area (Å²) in [4.78, 5) is 0. The van der Waals surface area contributed by atoms with Gasteiger partial charge in [0.1, 0.15) is 0 Å². The molecule has 0 amide bonds. The lowest BCUT2D eigenvalue weighted by Crippen LogP contribution is -2.55. The van der Waals surface area contributed by atoms with E-state index >= 15 is 0 Å². The van der Waals surface area contributed by atoms with Crippen LogP contribution in [0.1, 0.15) is 98.8 Å². The molecule has 4 aliphatic carbocycles. The average molecular weight is 431 g/mol. The number of methoxy groups -OCH3 is 2. The molecular formula is C29H50O2. The SMILES string of the molecule is COC1CCC2(C)C(=CC(OC)C3C2CCC2(C)C(C(C)CCCC(C)C)CCC32)C1. The summed E-state index contributed by atoms with van der Waals surface area (Å²) in [5, 5.41) is 0. The minimum absolute atomic E-state index is 0.309. The summed E-state index contributed by atoms with van der Waals surface area (Å²) in [6.45, 7) is 12.6. The highest BCUT2D eigenvalue weighted by Gasteiger charge is 2.61. The molecule has 0 aromatic carbocycles. The number of ether oxygens (including phenoxy) is 2. The molecule has 3 fully saturated rings. The molecule has 0 aromatic rings. The van der Waals surface area contributed by atoms with Crippen molar-refractivity contribution >= 4 is 0 Å². The molecule has 0 radical (unpaired) electrons. The molecule has 0 bridgehead atoms. The van der Waals surface area contributed by atoms with E-state index in [4.69, 9.17) is 9.47 Å². The first-order chi connectivity index (χ1) is 14.7. The average Bonchev–Trinajstić information content (AvgIpc) is 3.09. The van der Waals surface area contributed by atoms with E-state index in [1.807, 2.05) is 14.2 Å². The van der Waals surface area contributed by atoms with Crippen molar-refractivity contribution in [3.63, 3.8) is 0 Å². The highest BCUT2D eigenvalue weighted by atomic mass is 16.5. The predicted molar refractivity (Wildman–Crippen MR) is 130 cm³/mol. The van der Waals surface area contributed by atoms with Crippen LogP contribution in [0.5, 0.6) is 0 Å². The maximum atomic E-state index is 6.25. The molecule has 9 unspecified atom stereocenters. The van der Waals surface area contributed by atoms with Crippen molar-refractivity contribution in [2.75, 3.05) is 14.2 Å². The molecule has 3 saturated carbocycles. The molecule has 4 aliphatic rings. The molecule has 0 spiro atoms. The van der Waals surface area contributed by atoms with E-state index in [1.54, 1.807) is 5.57 Å². The Morgan fingerprint density at radius 1 is 0.935 bits per heavy atom. The first-order valence-electron chi connectivity index (χ1n) is 13.5. The Kier molecular flexibility index (Phi) is 7.01. The molecule has 178 valence electrons. The van der Waals surface area contributed by atoms with Crippen molar-refractivity contribution in [3.05, 3.63) is 11.6 Å². The van der Waals surface area contributed by atoms with Crippen molar-refractivity contribution in [3.8, 4) is 0 Å². The van der Waals surface area contributed by atoms with Gasteiger partial charge in [0.25, 0.3) is 0 Å². The summed E-state index contributed by atoms with van der Waals surface area (Å²) in [7, 11) is 3.85. The van der Waals surface area contributed by atoms with Crippen LogP contribution in [0.25, 0.3) is 0 Å². The molecular weight excluding hydrogens is 380 g/mol. The summed E-state index contributed by atoms with van der Waals surface area (Å²) in [5.74, 6) is 4.96. The maximum Gasteiger partial charge on any atom is 0.0788 e. The lowest BCUT2D eigenvalue weighted by atomic mass is 9.46. The van der Waals surface area contributed by atoms with Crippen molar-refractivity contribution < 1.29 is 9.47 Å². The Morgan fingerprint density at radius 3 is 2.39 bits per heavy atom. The van der Waals surface area contributed by atoms with Gasteiger partial charge >= 0.3 is 0 Å². The predicted octanol–water partition coefficient (Wildman–Crippen LogP) is 7.67. The van der Waals surface area contributed by atoms with E-state index in [2.05, 4.69) is 40.7 Å². The van der Waals surface area contributed by atoms with Crippen LogP contribution in [0.2, 0.25) is 0 Å². The quantitative estimate of drug-likeness (QED) is 0.386. The van der Waals surface area contributed by atoms with E-state index in [1.165, 1.54) is 57.8 Å².